The zero-order chi connectivity index (χ0) is 14.3. The van der Waals surface area contributed by atoms with Crippen molar-refractivity contribution in [2.24, 2.45) is 0 Å². The number of hydrogen-bond donors (Lipinski definition) is 2. The van der Waals surface area contributed by atoms with Crippen LogP contribution in [0.5, 0.6) is 0 Å². The summed E-state index contributed by atoms with van der Waals surface area (Å²) in [4.78, 5) is 1.04. The second-order valence-corrected chi connectivity index (χ2v) is 6.26. The normalized spacial score (nSPS) is 14.4. The maximum Gasteiger partial charge on any atom is 0.0631 e. The van der Waals surface area contributed by atoms with E-state index in [2.05, 4.69) is 11.4 Å². The Kier molecular flexibility index (Phi) is 7.80. The number of benzene rings is 1. The highest BCUT2D eigenvalue weighted by Crippen LogP contribution is 2.34. The van der Waals surface area contributed by atoms with Crippen molar-refractivity contribution in [3.8, 4) is 0 Å². The number of aliphatic hydroxyl groups excluding tert-OH is 1. The molecule has 0 heterocycles. The fraction of sp³-hybridized carbons (Fsp3) is 0.571. The van der Waals surface area contributed by atoms with Gasteiger partial charge < -0.3 is 15.2 Å². The van der Waals surface area contributed by atoms with Gasteiger partial charge in [0.1, 0.15) is 0 Å². The highest BCUT2D eigenvalue weighted by atomic mass is 35.5. The lowest BCUT2D eigenvalue weighted by Crippen LogP contribution is -2.20. The first kappa shape index (κ1) is 16.8. The van der Waals surface area contributed by atoms with Crippen LogP contribution < -0.4 is 5.32 Å². The van der Waals surface area contributed by atoms with E-state index in [0.29, 0.717) is 6.61 Å². The fourth-order valence-corrected chi connectivity index (χ4v) is 2.88. The topological polar surface area (TPSA) is 41.5 Å². The second-order valence-electron chi connectivity index (χ2n) is 4.46. The summed E-state index contributed by atoms with van der Waals surface area (Å²) < 4.78 is 5.00. The molecule has 0 amide bonds. The first-order valence-electron chi connectivity index (χ1n) is 6.38. The van der Waals surface area contributed by atoms with Gasteiger partial charge in [0.25, 0.3) is 0 Å². The van der Waals surface area contributed by atoms with E-state index in [9.17, 15) is 5.11 Å². The Morgan fingerprint density at radius 3 is 2.79 bits per heavy atom. The number of aliphatic hydroxyl groups is 1. The first-order valence-corrected chi connectivity index (χ1v) is 7.63. The Hall–Kier alpha value is -0.260. The summed E-state index contributed by atoms with van der Waals surface area (Å²) >= 11 is 7.88. The molecule has 0 bridgehead atoms. The highest BCUT2D eigenvalue weighted by molar-refractivity contribution is 8.00. The van der Waals surface area contributed by atoms with Gasteiger partial charge in [-0.05, 0) is 18.6 Å². The van der Waals surface area contributed by atoms with Crippen LogP contribution in [0.4, 0.5) is 0 Å². The number of ether oxygens (including phenoxy) is 1. The predicted molar refractivity (Wildman–Crippen MR) is 82.0 cm³/mol. The van der Waals surface area contributed by atoms with Crippen LogP contribution in [-0.2, 0) is 11.3 Å². The van der Waals surface area contributed by atoms with Crippen molar-refractivity contribution >= 4 is 23.4 Å². The van der Waals surface area contributed by atoms with Crippen LogP contribution in [0.1, 0.15) is 19.4 Å². The van der Waals surface area contributed by atoms with E-state index in [-0.39, 0.29) is 11.4 Å². The maximum absolute atomic E-state index is 9.61. The van der Waals surface area contributed by atoms with Crippen LogP contribution in [0.25, 0.3) is 0 Å². The average molecular weight is 304 g/mol. The molecular weight excluding hydrogens is 282 g/mol. The minimum atomic E-state index is -0.365. The molecule has 0 aliphatic rings. The van der Waals surface area contributed by atoms with Crippen LogP contribution in [0.15, 0.2) is 23.1 Å². The molecule has 0 radical (unpaired) electrons. The largest absolute Gasteiger partial charge is 0.392 e. The molecule has 2 unspecified atom stereocenters. The van der Waals surface area contributed by atoms with Gasteiger partial charge >= 0.3 is 0 Å². The maximum atomic E-state index is 9.61. The Labute approximate surface area is 124 Å². The SMILES string of the molecule is COCCNCc1cccc(Cl)c1SC(C)C(C)O. The van der Waals surface area contributed by atoms with Crippen LogP contribution >= 0.6 is 23.4 Å². The smallest absolute Gasteiger partial charge is 0.0631 e. The molecule has 1 aromatic carbocycles. The molecule has 0 fully saturated rings. The van der Waals surface area contributed by atoms with E-state index in [1.807, 2.05) is 19.1 Å². The quantitative estimate of drug-likeness (QED) is 0.572. The molecule has 0 aliphatic heterocycles. The molecule has 0 aromatic heterocycles. The molecule has 2 N–H and O–H groups in total. The number of halogens is 1. The minimum absolute atomic E-state index is 0.109. The third kappa shape index (κ3) is 5.71. The van der Waals surface area contributed by atoms with E-state index in [0.717, 1.165) is 28.6 Å². The molecule has 108 valence electrons. The summed E-state index contributed by atoms with van der Waals surface area (Å²) in [6, 6.07) is 5.90. The van der Waals surface area contributed by atoms with Crippen molar-refractivity contribution in [1.82, 2.24) is 5.32 Å². The number of hydrogen-bond acceptors (Lipinski definition) is 4. The molecule has 19 heavy (non-hydrogen) atoms. The lowest BCUT2D eigenvalue weighted by atomic mass is 10.2. The molecule has 2 atom stereocenters. The Balaban J connectivity index is 2.71. The summed E-state index contributed by atoms with van der Waals surface area (Å²) in [5.74, 6) is 0. The van der Waals surface area contributed by atoms with Gasteiger partial charge in [-0.15, -0.1) is 11.8 Å². The molecule has 5 heteroatoms. The number of methoxy groups -OCH3 is 1. The monoisotopic (exact) mass is 303 g/mol. The van der Waals surface area contributed by atoms with Crippen molar-refractivity contribution in [3.05, 3.63) is 28.8 Å². The molecule has 3 nitrogen and oxygen atoms in total. The van der Waals surface area contributed by atoms with Crippen molar-refractivity contribution in [2.45, 2.75) is 36.6 Å². The molecule has 0 saturated carbocycles. The van der Waals surface area contributed by atoms with Gasteiger partial charge in [-0.3, -0.25) is 0 Å². The average Bonchev–Trinajstić information content (AvgIpc) is 2.38. The fourth-order valence-electron chi connectivity index (χ4n) is 1.51. The van der Waals surface area contributed by atoms with Gasteiger partial charge in [0, 0.05) is 30.3 Å². The van der Waals surface area contributed by atoms with Gasteiger partial charge in [-0.1, -0.05) is 30.7 Å². The van der Waals surface area contributed by atoms with Crippen LogP contribution in [0.2, 0.25) is 5.02 Å². The van der Waals surface area contributed by atoms with Gasteiger partial charge in [0.15, 0.2) is 0 Å². The Morgan fingerprint density at radius 2 is 2.16 bits per heavy atom. The highest BCUT2D eigenvalue weighted by Gasteiger charge is 2.15. The molecule has 1 rings (SSSR count). The van der Waals surface area contributed by atoms with E-state index in [1.54, 1.807) is 25.8 Å². The van der Waals surface area contributed by atoms with Crippen LogP contribution in [-0.4, -0.2) is 36.7 Å². The standard InChI is InChI=1S/C14H22ClNO2S/c1-10(17)11(2)19-14-12(5-4-6-13(14)15)9-16-7-8-18-3/h4-6,10-11,16-17H,7-9H2,1-3H3. The number of rotatable bonds is 8. The van der Waals surface area contributed by atoms with Gasteiger partial charge in [0.2, 0.25) is 0 Å². The molecule has 1 aromatic rings. The van der Waals surface area contributed by atoms with Crippen molar-refractivity contribution < 1.29 is 9.84 Å². The van der Waals surface area contributed by atoms with Crippen molar-refractivity contribution in [3.63, 3.8) is 0 Å². The first-order chi connectivity index (χ1) is 9.06. The second kappa shape index (κ2) is 8.82. The van der Waals surface area contributed by atoms with Crippen LogP contribution in [0.3, 0.4) is 0 Å². The van der Waals surface area contributed by atoms with E-state index < -0.39 is 0 Å². The molecule has 0 aliphatic carbocycles. The van der Waals surface area contributed by atoms with E-state index >= 15 is 0 Å². The summed E-state index contributed by atoms with van der Waals surface area (Å²) in [5, 5.41) is 13.8. The lowest BCUT2D eigenvalue weighted by Gasteiger charge is -2.18. The minimum Gasteiger partial charge on any atom is -0.392 e. The zero-order valence-electron chi connectivity index (χ0n) is 11.6. The van der Waals surface area contributed by atoms with Gasteiger partial charge in [-0.25, -0.2) is 0 Å². The summed E-state index contributed by atoms with van der Waals surface area (Å²) in [5.41, 5.74) is 1.15. The third-order valence-corrected chi connectivity index (χ3v) is 4.74. The number of nitrogens with one attached hydrogen (secondary N) is 1. The van der Waals surface area contributed by atoms with E-state index in [1.165, 1.54) is 0 Å². The van der Waals surface area contributed by atoms with Gasteiger partial charge in [-0.2, -0.15) is 0 Å². The Morgan fingerprint density at radius 1 is 1.42 bits per heavy atom. The molecule has 0 spiro atoms. The van der Waals surface area contributed by atoms with Crippen molar-refractivity contribution in [2.75, 3.05) is 20.3 Å². The Bertz CT molecular complexity index is 388. The summed E-state index contributed by atoms with van der Waals surface area (Å²) in [6.07, 6.45) is -0.365. The van der Waals surface area contributed by atoms with Crippen molar-refractivity contribution in [1.29, 1.82) is 0 Å². The summed E-state index contributed by atoms with van der Waals surface area (Å²) in [7, 11) is 1.69. The van der Waals surface area contributed by atoms with Crippen LogP contribution in [0, 0.1) is 0 Å². The van der Waals surface area contributed by atoms with E-state index in [4.69, 9.17) is 16.3 Å². The predicted octanol–water partition coefficient (Wildman–Crippen LogP) is 2.94. The third-order valence-electron chi connectivity index (χ3n) is 2.83. The lowest BCUT2D eigenvalue weighted by molar-refractivity contribution is 0.196. The molecular formula is C14H22ClNO2S. The zero-order valence-corrected chi connectivity index (χ0v) is 13.2. The number of thioether (sulfide) groups is 1. The van der Waals surface area contributed by atoms with Gasteiger partial charge in [0.05, 0.1) is 17.7 Å². The summed E-state index contributed by atoms with van der Waals surface area (Å²) in [6.45, 7) is 6.04. The molecule has 0 saturated heterocycles.